The fourth-order valence-corrected chi connectivity index (χ4v) is 2.30. The molecule has 1 aromatic carbocycles. The van der Waals surface area contributed by atoms with Gasteiger partial charge in [0.05, 0.1) is 19.0 Å². The van der Waals surface area contributed by atoms with Crippen LogP contribution in [0, 0.1) is 0 Å². The number of hydrogen-bond acceptors (Lipinski definition) is 4. The summed E-state index contributed by atoms with van der Waals surface area (Å²) in [4.78, 5) is 25.2. The number of methoxy groups -OCH3 is 1. The molecule has 7 nitrogen and oxygen atoms in total. The van der Waals surface area contributed by atoms with Crippen LogP contribution in [0.5, 0.6) is 5.75 Å². The Bertz CT molecular complexity index is 712. The highest BCUT2D eigenvalue weighted by atomic mass is 16.5. The van der Waals surface area contributed by atoms with Crippen LogP contribution in [0.1, 0.15) is 30.8 Å². The van der Waals surface area contributed by atoms with Crippen molar-refractivity contribution >= 4 is 11.9 Å². The second kappa shape index (κ2) is 7.63. The summed E-state index contributed by atoms with van der Waals surface area (Å²) in [5.74, 6) is -1.22. The largest absolute Gasteiger partial charge is 0.493 e. The number of amides is 1. The third kappa shape index (κ3) is 3.73. The molecule has 0 saturated heterocycles. The number of nitrogens with zero attached hydrogens (tertiary/aromatic N) is 3. The molecule has 0 spiro atoms. The van der Waals surface area contributed by atoms with Crippen molar-refractivity contribution in [2.75, 3.05) is 13.7 Å². The second-order valence-corrected chi connectivity index (χ2v) is 5.41. The molecule has 1 atom stereocenters. The summed E-state index contributed by atoms with van der Waals surface area (Å²) in [6.45, 7) is 3.32. The molecule has 1 heterocycles. The molecule has 0 saturated carbocycles. The van der Waals surface area contributed by atoms with Gasteiger partial charge in [-0.25, -0.2) is 4.68 Å². The quantitative estimate of drug-likeness (QED) is 0.841. The molecule has 1 N–H and O–H groups in total. The third-order valence-corrected chi connectivity index (χ3v) is 3.81. The Morgan fingerprint density at radius 1 is 1.33 bits per heavy atom. The molecule has 0 aliphatic carbocycles. The minimum Gasteiger partial charge on any atom is -0.493 e. The van der Waals surface area contributed by atoms with Crippen LogP contribution in [0.15, 0.2) is 36.5 Å². The third-order valence-electron chi connectivity index (χ3n) is 3.81. The van der Waals surface area contributed by atoms with Crippen LogP contribution < -0.4 is 4.74 Å². The zero-order chi connectivity index (χ0) is 17.7. The van der Waals surface area contributed by atoms with Gasteiger partial charge in [0.25, 0.3) is 5.91 Å². The van der Waals surface area contributed by atoms with Crippen molar-refractivity contribution < 1.29 is 19.4 Å². The maximum atomic E-state index is 12.8. The van der Waals surface area contributed by atoms with Gasteiger partial charge in [-0.1, -0.05) is 25.1 Å². The first-order valence-electron chi connectivity index (χ1n) is 7.69. The Hall–Kier alpha value is -2.83. The summed E-state index contributed by atoms with van der Waals surface area (Å²) in [7, 11) is 1.45. The van der Waals surface area contributed by atoms with Gasteiger partial charge in [0.1, 0.15) is 6.54 Å². The fraction of sp³-hybridized carbons (Fsp3) is 0.353. The summed E-state index contributed by atoms with van der Waals surface area (Å²) >= 11 is 0. The molecule has 2 rings (SSSR count). The maximum absolute atomic E-state index is 12.8. The molecule has 1 aromatic heterocycles. The van der Waals surface area contributed by atoms with Crippen LogP contribution in [0.25, 0.3) is 5.69 Å². The van der Waals surface area contributed by atoms with Crippen LogP contribution in [-0.4, -0.2) is 51.4 Å². The van der Waals surface area contributed by atoms with E-state index in [1.54, 1.807) is 10.9 Å². The molecule has 24 heavy (non-hydrogen) atoms. The number of ether oxygens (including phenoxy) is 1. The first-order valence-corrected chi connectivity index (χ1v) is 7.69. The van der Waals surface area contributed by atoms with Crippen molar-refractivity contribution in [1.29, 1.82) is 0 Å². The van der Waals surface area contributed by atoms with Gasteiger partial charge in [-0.05, 0) is 25.5 Å². The van der Waals surface area contributed by atoms with Crippen molar-refractivity contribution in [2.24, 2.45) is 0 Å². The van der Waals surface area contributed by atoms with E-state index >= 15 is 0 Å². The lowest BCUT2D eigenvalue weighted by atomic mass is 10.2. The van der Waals surface area contributed by atoms with E-state index in [1.165, 1.54) is 12.0 Å². The average molecular weight is 331 g/mol. The topological polar surface area (TPSA) is 84.7 Å². The zero-order valence-electron chi connectivity index (χ0n) is 14.0. The Labute approximate surface area is 140 Å². The van der Waals surface area contributed by atoms with Crippen molar-refractivity contribution in [1.82, 2.24) is 14.7 Å². The molecule has 0 aliphatic heterocycles. The number of carbonyl (C=O) groups excluding carboxylic acids is 1. The van der Waals surface area contributed by atoms with Crippen LogP contribution in [0.2, 0.25) is 0 Å². The number of aliphatic carboxylic acids is 1. The van der Waals surface area contributed by atoms with Gasteiger partial charge >= 0.3 is 5.97 Å². The molecule has 1 amide bonds. The van der Waals surface area contributed by atoms with E-state index in [-0.39, 0.29) is 18.3 Å². The Balaban J connectivity index is 2.40. The van der Waals surface area contributed by atoms with Crippen molar-refractivity contribution in [3.05, 3.63) is 42.2 Å². The summed E-state index contributed by atoms with van der Waals surface area (Å²) in [6.07, 6.45) is 2.25. The van der Waals surface area contributed by atoms with Crippen molar-refractivity contribution in [2.45, 2.75) is 26.3 Å². The Morgan fingerprint density at radius 2 is 2.00 bits per heavy atom. The summed E-state index contributed by atoms with van der Waals surface area (Å²) in [5, 5.41) is 13.4. The number of carboxylic acid groups (broad SMARTS) is 1. The van der Waals surface area contributed by atoms with Gasteiger partial charge in [-0.15, -0.1) is 0 Å². The second-order valence-electron chi connectivity index (χ2n) is 5.41. The lowest BCUT2D eigenvalue weighted by Crippen LogP contribution is -2.42. The number of benzene rings is 1. The highest BCUT2D eigenvalue weighted by Crippen LogP contribution is 2.22. The molecule has 2 aromatic rings. The lowest BCUT2D eigenvalue weighted by molar-refractivity contribution is -0.138. The number of rotatable bonds is 7. The van der Waals surface area contributed by atoms with E-state index in [1.807, 2.05) is 44.2 Å². The normalized spacial score (nSPS) is 11.8. The number of hydrogen-bond donors (Lipinski definition) is 1. The average Bonchev–Trinajstić information content (AvgIpc) is 3.03. The lowest BCUT2D eigenvalue weighted by Gasteiger charge is -2.26. The van der Waals surface area contributed by atoms with E-state index < -0.39 is 11.9 Å². The Morgan fingerprint density at radius 3 is 2.54 bits per heavy atom. The molecule has 0 aliphatic rings. The zero-order valence-corrected chi connectivity index (χ0v) is 14.0. The molecular formula is C17H21N3O4. The SMILES string of the molecule is CCC(C)N(CC(=O)O)C(=O)c1nn(-c2ccccc2)cc1OC. The van der Waals surface area contributed by atoms with Gasteiger partial charge < -0.3 is 14.7 Å². The predicted octanol–water partition coefficient (Wildman–Crippen LogP) is 2.21. The molecule has 0 radical (unpaired) electrons. The van der Waals surface area contributed by atoms with E-state index in [0.29, 0.717) is 12.2 Å². The fourth-order valence-electron chi connectivity index (χ4n) is 2.30. The molecule has 128 valence electrons. The minimum absolute atomic E-state index is 0.0999. The van der Waals surface area contributed by atoms with E-state index in [2.05, 4.69) is 5.10 Å². The highest BCUT2D eigenvalue weighted by molar-refractivity contribution is 5.96. The first kappa shape index (κ1) is 17.5. The van der Waals surface area contributed by atoms with Gasteiger partial charge in [0.2, 0.25) is 0 Å². The van der Waals surface area contributed by atoms with Gasteiger partial charge in [0, 0.05) is 6.04 Å². The molecule has 0 fully saturated rings. The highest BCUT2D eigenvalue weighted by Gasteiger charge is 2.28. The molecule has 7 heteroatoms. The standard InChI is InChI=1S/C17H21N3O4/c1-4-12(2)19(11-15(21)22)17(23)16-14(24-3)10-20(18-16)13-8-6-5-7-9-13/h5-10,12H,4,11H2,1-3H3,(H,21,22). The van der Waals surface area contributed by atoms with Crippen molar-refractivity contribution in [3.8, 4) is 11.4 Å². The van der Waals surface area contributed by atoms with Crippen LogP contribution >= 0.6 is 0 Å². The predicted molar refractivity (Wildman–Crippen MR) is 88.5 cm³/mol. The molecular weight excluding hydrogens is 310 g/mol. The van der Waals surface area contributed by atoms with Gasteiger partial charge in [-0.3, -0.25) is 9.59 Å². The monoisotopic (exact) mass is 331 g/mol. The molecule has 1 unspecified atom stereocenters. The number of para-hydroxylation sites is 1. The van der Waals surface area contributed by atoms with Gasteiger partial charge in [0.15, 0.2) is 11.4 Å². The number of carbonyl (C=O) groups is 2. The summed E-state index contributed by atoms with van der Waals surface area (Å²) in [6, 6.07) is 9.09. The minimum atomic E-state index is -1.06. The van der Waals surface area contributed by atoms with Crippen LogP contribution in [-0.2, 0) is 4.79 Å². The van der Waals surface area contributed by atoms with E-state index in [0.717, 1.165) is 5.69 Å². The number of aromatic nitrogens is 2. The number of carboxylic acids is 1. The summed E-state index contributed by atoms with van der Waals surface area (Å²) < 4.78 is 6.80. The summed E-state index contributed by atoms with van der Waals surface area (Å²) in [5.41, 5.74) is 0.881. The smallest absolute Gasteiger partial charge is 0.323 e. The van der Waals surface area contributed by atoms with Crippen LogP contribution in [0.3, 0.4) is 0 Å². The van der Waals surface area contributed by atoms with Crippen molar-refractivity contribution in [3.63, 3.8) is 0 Å². The van der Waals surface area contributed by atoms with Gasteiger partial charge in [-0.2, -0.15) is 5.10 Å². The Kier molecular flexibility index (Phi) is 5.57. The first-order chi connectivity index (χ1) is 11.5. The molecule has 0 bridgehead atoms. The van der Waals surface area contributed by atoms with Crippen LogP contribution in [0.4, 0.5) is 0 Å². The van der Waals surface area contributed by atoms with E-state index in [4.69, 9.17) is 9.84 Å². The van der Waals surface area contributed by atoms with E-state index in [9.17, 15) is 9.59 Å². The maximum Gasteiger partial charge on any atom is 0.323 e.